The van der Waals surface area contributed by atoms with E-state index in [0.717, 1.165) is 22.7 Å². The summed E-state index contributed by atoms with van der Waals surface area (Å²) in [6.45, 7) is 0. The van der Waals surface area contributed by atoms with Crippen molar-refractivity contribution in [1.82, 2.24) is 9.13 Å². The van der Waals surface area contributed by atoms with Gasteiger partial charge in [0.25, 0.3) is 0 Å². The van der Waals surface area contributed by atoms with E-state index in [0.29, 0.717) is 0 Å². The zero-order valence-electron chi connectivity index (χ0n) is 31.2. The first-order valence-corrected chi connectivity index (χ1v) is 19.5. The molecule has 268 valence electrons. The highest BCUT2D eigenvalue weighted by Gasteiger charge is 2.18. The van der Waals surface area contributed by atoms with Gasteiger partial charge in [-0.3, -0.25) is 0 Å². The van der Waals surface area contributed by atoms with Crippen LogP contribution in [0.5, 0.6) is 0 Å². The van der Waals surface area contributed by atoms with Crippen LogP contribution in [0.15, 0.2) is 224 Å². The number of anilines is 3. The Morgan fingerprint density at radius 1 is 0.246 bits per heavy atom. The number of hydrogen-bond acceptors (Lipinski definition) is 1. The Hall–Kier alpha value is -7.62. The molecule has 3 nitrogen and oxygen atoms in total. The predicted molar refractivity (Wildman–Crippen MR) is 241 cm³/mol. The number of nitrogens with zero attached hydrogens (tertiary/aromatic N) is 3. The molecule has 9 aromatic carbocycles. The average Bonchev–Trinajstić information content (AvgIpc) is 3.80. The SMILES string of the molecule is c1ccc(-c2cccc(N(c3ccccc3)c3ccc(-n4c5ccccc5c5cc(-c6ccc7c(c6)c6ccccc6n7-c6ccccc6)ccc54)cc3)c2)cc1. The summed E-state index contributed by atoms with van der Waals surface area (Å²) in [6.07, 6.45) is 0. The van der Waals surface area contributed by atoms with Crippen LogP contribution in [0, 0.1) is 0 Å². The van der Waals surface area contributed by atoms with Crippen molar-refractivity contribution in [3.8, 4) is 33.6 Å². The Kier molecular flexibility index (Phi) is 7.82. The van der Waals surface area contributed by atoms with E-state index in [1.165, 1.54) is 71.6 Å². The van der Waals surface area contributed by atoms with Crippen LogP contribution in [0.3, 0.4) is 0 Å². The highest BCUT2D eigenvalue weighted by molar-refractivity contribution is 6.12. The van der Waals surface area contributed by atoms with Crippen LogP contribution in [0.1, 0.15) is 0 Å². The molecule has 0 radical (unpaired) electrons. The Morgan fingerprint density at radius 3 is 1.26 bits per heavy atom. The Bertz CT molecular complexity index is 3210. The van der Waals surface area contributed by atoms with Gasteiger partial charge in [-0.1, -0.05) is 127 Å². The third kappa shape index (κ3) is 5.60. The van der Waals surface area contributed by atoms with E-state index < -0.39 is 0 Å². The Balaban J connectivity index is 1.01. The normalized spacial score (nSPS) is 11.5. The molecular formula is C54H37N3. The Labute approximate surface area is 331 Å². The van der Waals surface area contributed by atoms with Gasteiger partial charge < -0.3 is 14.0 Å². The maximum atomic E-state index is 2.40. The van der Waals surface area contributed by atoms with E-state index in [9.17, 15) is 0 Å². The molecule has 3 heteroatoms. The number of rotatable bonds is 7. The van der Waals surface area contributed by atoms with Gasteiger partial charge in [0.2, 0.25) is 0 Å². The van der Waals surface area contributed by atoms with Crippen LogP contribution >= 0.6 is 0 Å². The topological polar surface area (TPSA) is 13.1 Å². The molecular weight excluding hydrogens is 691 g/mol. The van der Waals surface area contributed by atoms with E-state index in [2.05, 4.69) is 238 Å². The van der Waals surface area contributed by atoms with E-state index in [1.807, 2.05) is 0 Å². The van der Waals surface area contributed by atoms with Crippen LogP contribution in [-0.2, 0) is 0 Å². The molecule has 11 aromatic rings. The van der Waals surface area contributed by atoms with Gasteiger partial charge in [-0.2, -0.15) is 0 Å². The lowest BCUT2D eigenvalue weighted by atomic mass is 10.0. The molecule has 11 rings (SSSR count). The molecule has 0 N–H and O–H groups in total. The van der Waals surface area contributed by atoms with Gasteiger partial charge in [-0.15, -0.1) is 0 Å². The molecule has 0 spiro atoms. The fraction of sp³-hybridized carbons (Fsp3) is 0. The molecule has 0 fully saturated rings. The monoisotopic (exact) mass is 727 g/mol. The summed E-state index contributed by atoms with van der Waals surface area (Å²) < 4.78 is 4.77. The molecule has 0 aliphatic heterocycles. The summed E-state index contributed by atoms with van der Waals surface area (Å²) >= 11 is 0. The molecule has 0 aliphatic carbocycles. The highest BCUT2D eigenvalue weighted by Crippen LogP contribution is 2.40. The van der Waals surface area contributed by atoms with Crippen molar-refractivity contribution in [3.63, 3.8) is 0 Å². The fourth-order valence-electron chi connectivity index (χ4n) is 8.67. The average molecular weight is 728 g/mol. The highest BCUT2D eigenvalue weighted by atomic mass is 15.1. The molecule has 0 aliphatic rings. The zero-order chi connectivity index (χ0) is 37.7. The van der Waals surface area contributed by atoms with Gasteiger partial charge in [0.15, 0.2) is 0 Å². The minimum Gasteiger partial charge on any atom is -0.310 e. The third-order valence-corrected chi connectivity index (χ3v) is 11.3. The molecule has 57 heavy (non-hydrogen) atoms. The standard InChI is InChI=1S/C54H37N3/c1-4-15-38(16-5-1)39-17-14-22-46(35-39)55(42-18-6-2-7-19-42)44-29-31-45(32-30-44)57-52-26-13-11-24-48(52)50-37-41(28-34-54(50)57)40-27-33-53-49(36-40)47-23-10-12-25-51(47)56(53)43-20-8-3-9-21-43/h1-37H. The quantitative estimate of drug-likeness (QED) is 0.159. The summed E-state index contributed by atoms with van der Waals surface area (Å²) in [7, 11) is 0. The van der Waals surface area contributed by atoms with Crippen LogP contribution in [0.4, 0.5) is 17.1 Å². The molecule has 0 saturated carbocycles. The first-order valence-electron chi connectivity index (χ1n) is 19.5. The molecule has 0 atom stereocenters. The number of aromatic nitrogens is 2. The first kappa shape index (κ1) is 32.8. The third-order valence-electron chi connectivity index (χ3n) is 11.3. The number of benzene rings is 9. The summed E-state index contributed by atoms with van der Waals surface area (Å²) in [5.74, 6) is 0. The number of fused-ring (bicyclic) bond motifs is 6. The lowest BCUT2D eigenvalue weighted by Crippen LogP contribution is -2.10. The van der Waals surface area contributed by atoms with Gasteiger partial charge in [-0.25, -0.2) is 0 Å². The van der Waals surface area contributed by atoms with E-state index in [-0.39, 0.29) is 0 Å². The van der Waals surface area contributed by atoms with Crippen molar-refractivity contribution in [2.45, 2.75) is 0 Å². The van der Waals surface area contributed by atoms with Gasteiger partial charge in [0.1, 0.15) is 0 Å². The summed E-state index contributed by atoms with van der Waals surface area (Å²) in [5.41, 5.74) is 15.2. The van der Waals surface area contributed by atoms with E-state index >= 15 is 0 Å². The zero-order valence-corrected chi connectivity index (χ0v) is 31.2. The van der Waals surface area contributed by atoms with Gasteiger partial charge in [0.05, 0.1) is 22.1 Å². The van der Waals surface area contributed by atoms with Crippen LogP contribution < -0.4 is 4.90 Å². The van der Waals surface area contributed by atoms with Gasteiger partial charge in [0, 0.05) is 50.0 Å². The Morgan fingerprint density at radius 2 is 0.667 bits per heavy atom. The van der Waals surface area contributed by atoms with Crippen molar-refractivity contribution in [2.24, 2.45) is 0 Å². The fourth-order valence-corrected chi connectivity index (χ4v) is 8.67. The number of hydrogen-bond donors (Lipinski definition) is 0. The van der Waals surface area contributed by atoms with E-state index in [1.54, 1.807) is 0 Å². The largest absolute Gasteiger partial charge is 0.310 e. The molecule has 0 amide bonds. The summed E-state index contributed by atoms with van der Waals surface area (Å²) in [5, 5.41) is 4.99. The van der Waals surface area contributed by atoms with Crippen molar-refractivity contribution in [2.75, 3.05) is 4.90 Å². The molecule has 2 heterocycles. The van der Waals surface area contributed by atoms with Crippen molar-refractivity contribution >= 4 is 60.7 Å². The summed E-state index contributed by atoms with van der Waals surface area (Å²) in [4.78, 5) is 2.34. The smallest absolute Gasteiger partial charge is 0.0541 e. The first-order chi connectivity index (χ1) is 28.3. The van der Waals surface area contributed by atoms with Crippen molar-refractivity contribution in [3.05, 3.63) is 224 Å². The molecule has 0 bridgehead atoms. The molecule has 0 saturated heterocycles. The second kappa shape index (κ2) is 13.6. The lowest BCUT2D eigenvalue weighted by molar-refractivity contribution is 1.17. The van der Waals surface area contributed by atoms with Crippen LogP contribution in [-0.4, -0.2) is 9.13 Å². The molecule has 2 aromatic heterocycles. The van der Waals surface area contributed by atoms with Gasteiger partial charge >= 0.3 is 0 Å². The number of para-hydroxylation sites is 4. The van der Waals surface area contributed by atoms with Crippen molar-refractivity contribution < 1.29 is 0 Å². The second-order valence-corrected chi connectivity index (χ2v) is 14.6. The minimum absolute atomic E-state index is 1.10. The van der Waals surface area contributed by atoms with Crippen LogP contribution in [0.25, 0.3) is 77.2 Å². The lowest BCUT2D eigenvalue weighted by Gasteiger charge is -2.26. The van der Waals surface area contributed by atoms with Crippen LogP contribution in [0.2, 0.25) is 0 Å². The van der Waals surface area contributed by atoms with E-state index in [4.69, 9.17) is 0 Å². The second-order valence-electron chi connectivity index (χ2n) is 14.6. The minimum atomic E-state index is 1.10. The maximum Gasteiger partial charge on any atom is 0.0541 e. The summed E-state index contributed by atoms with van der Waals surface area (Å²) in [6, 6.07) is 81.0. The van der Waals surface area contributed by atoms with Gasteiger partial charge in [-0.05, 0) is 119 Å². The molecule has 0 unspecified atom stereocenters. The predicted octanol–water partition coefficient (Wildman–Crippen LogP) is 14.7. The van der Waals surface area contributed by atoms with Crippen molar-refractivity contribution in [1.29, 1.82) is 0 Å². The maximum absolute atomic E-state index is 2.40.